The quantitative estimate of drug-likeness (QED) is 0.832. The zero-order valence-corrected chi connectivity index (χ0v) is 15.4. The first-order valence-corrected chi connectivity index (χ1v) is 8.65. The van der Waals surface area contributed by atoms with E-state index in [9.17, 15) is 9.59 Å². The highest BCUT2D eigenvalue weighted by molar-refractivity contribution is 5.98. The van der Waals surface area contributed by atoms with Gasteiger partial charge in [-0.25, -0.2) is 0 Å². The third kappa shape index (κ3) is 4.20. The molecular formula is C20H23N3O4. The molecule has 2 aromatic carbocycles. The molecule has 0 radical (unpaired) electrons. The Hall–Kier alpha value is -3.06. The second-order valence-electron chi connectivity index (χ2n) is 6.47. The monoisotopic (exact) mass is 369 g/mol. The first kappa shape index (κ1) is 18.7. The Balaban J connectivity index is 1.74. The molecular weight excluding hydrogens is 346 g/mol. The highest BCUT2D eigenvalue weighted by Crippen LogP contribution is 2.33. The van der Waals surface area contributed by atoms with Crippen molar-refractivity contribution < 1.29 is 19.1 Å². The minimum absolute atomic E-state index is 0.105. The van der Waals surface area contributed by atoms with Crippen LogP contribution in [0.3, 0.4) is 0 Å². The molecule has 142 valence electrons. The summed E-state index contributed by atoms with van der Waals surface area (Å²) >= 11 is 0. The van der Waals surface area contributed by atoms with E-state index in [1.165, 1.54) is 0 Å². The van der Waals surface area contributed by atoms with Crippen LogP contribution in [0.15, 0.2) is 48.5 Å². The number of amides is 2. The summed E-state index contributed by atoms with van der Waals surface area (Å²) in [5.41, 5.74) is 7.03. The van der Waals surface area contributed by atoms with Crippen molar-refractivity contribution in [3.05, 3.63) is 54.1 Å². The summed E-state index contributed by atoms with van der Waals surface area (Å²) in [6.07, 6.45) is -0.858. The van der Waals surface area contributed by atoms with Crippen molar-refractivity contribution in [1.82, 2.24) is 4.90 Å². The molecule has 2 aromatic rings. The van der Waals surface area contributed by atoms with Gasteiger partial charge >= 0.3 is 0 Å². The third-order valence-corrected chi connectivity index (χ3v) is 4.43. The van der Waals surface area contributed by atoms with Crippen LogP contribution in [0.5, 0.6) is 11.5 Å². The number of primary amides is 1. The summed E-state index contributed by atoms with van der Waals surface area (Å²) < 4.78 is 11.0. The molecule has 0 aliphatic carbocycles. The van der Waals surface area contributed by atoms with Gasteiger partial charge in [0, 0.05) is 12.1 Å². The number of carbonyl (C=O) groups is 2. The lowest BCUT2D eigenvalue weighted by atomic mass is 10.1. The Morgan fingerprint density at radius 3 is 2.67 bits per heavy atom. The number of methoxy groups -OCH3 is 1. The van der Waals surface area contributed by atoms with Gasteiger partial charge in [-0.15, -0.1) is 0 Å². The maximum atomic E-state index is 12.9. The maximum absolute atomic E-state index is 12.9. The van der Waals surface area contributed by atoms with Crippen LogP contribution in [0.2, 0.25) is 0 Å². The number of hydrogen-bond donors (Lipinski definition) is 1. The van der Waals surface area contributed by atoms with Crippen LogP contribution in [0.1, 0.15) is 5.56 Å². The smallest absolute Gasteiger partial charge is 0.260 e. The van der Waals surface area contributed by atoms with E-state index in [1.807, 2.05) is 42.3 Å². The number of rotatable bonds is 6. The predicted octanol–water partition coefficient (Wildman–Crippen LogP) is 1.41. The van der Waals surface area contributed by atoms with Crippen LogP contribution in [0.4, 0.5) is 5.69 Å². The molecule has 0 spiro atoms. The van der Waals surface area contributed by atoms with Gasteiger partial charge in [0.2, 0.25) is 5.91 Å². The van der Waals surface area contributed by atoms with Crippen molar-refractivity contribution in [2.75, 3.05) is 32.1 Å². The normalized spacial score (nSPS) is 15.8. The first-order valence-electron chi connectivity index (χ1n) is 8.65. The average molecular weight is 369 g/mol. The number of ether oxygens (including phenoxy) is 2. The number of para-hydroxylation sites is 3. The number of carbonyl (C=O) groups excluding carboxylic acids is 2. The van der Waals surface area contributed by atoms with Crippen LogP contribution in [-0.2, 0) is 16.1 Å². The lowest BCUT2D eigenvalue weighted by Gasteiger charge is -2.34. The Bertz CT molecular complexity index is 839. The van der Waals surface area contributed by atoms with Crippen molar-refractivity contribution in [3.8, 4) is 11.5 Å². The molecule has 27 heavy (non-hydrogen) atoms. The summed E-state index contributed by atoms with van der Waals surface area (Å²) in [6.45, 7) is 0.840. The molecule has 0 saturated carbocycles. The topological polar surface area (TPSA) is 85.1 Å². The van der Waals surface area contributed by atoms with Crippen LogP contribution in [0, 0.1) is 0 Å². The van der Waals surface area contributed by atoms with Crippen LogP contribution < -0.4 is 20.1 Å². The van der Waals surface area contributed by atoms with Gasteiger partial charge in [0.15, 0.2) is 6.10 Å². The Morgan fingerprint density at radius 1 is 1.22 bits per heavy atom. The molecule has 7 nitrogen and oxygen atoms in total. The molecule has 1 aliphatic rings. The number of nitrogens with two attached hydrogens (primary N) is 1. The van der Waals surface area contributed by atoms with Gasteiger partial charge in [-0.3, -0.25) is 14.5 Å². The van der Waals surface area contributed by atoms with E-state index in [4.69, 9.17) is 15.2 Å². The predicted molar refractivity (Wildman–Crippen MR) is 102 cm³/mol. The Morgan fingerprint density at radius 2 is 1.93 bits per heavy atom. The van der Waals surface area contributed by atoms with E-state index >= 15 is 0 Å². The number of likely N-dealkylation sites (N-methyl/N-ethyl adjacent to an activating group) is 1. The summed E-state index contributed by atoms with van der Waals surface area (Å²) in [7, 11) is 3.49. The lowest BCUT2D eigenvalue weighted by Crippen LogP contribution is -2.51. The van der Waals surface area contributed by atoms with Crippen LogP contribution in [0.25, 0.3) is 0 Å². The Kier molecular flexibility index (Phi) is 5.61. The number of benzene rings is 2. The van der Waals surface area contributed by atoms with E-state index in [0.29, 0.717) is 18.0 Å². The summed E-state index contributed by atoms with van der Waals surface area (Å²) in [6, 6.07) is 14.8. The molecule has 1 atom stereocenters. The molecule has 3 rings (SSSR count). The summed E-state index contributed by atoms with van der Waals surface area (Å²) in [4.78, 5) is 28.0. The van der Waals surface area contributed by atoms with Crippen molar-refractivity contribution >= 4 is 17.5 Å². The molecule has 1 aliphatic heterocycles. The number of anilines is 1. The minimum atomic E-state index is -0.858. The molecule has 7 heteroatoms. The highest BCUT2D eigenvalue weighted by Gasteiger charge is 2.32. The van der Waals surface area contributed by atoms with Crippen LogP contribution >= 0.6 is 0 Å². The van der Waals surface area contributed by atoms with Gasteiger partial charge in [-0.1, -0.05) is 30.3 Å². The second-order valence-corrected chi connectivity index (χ2v) is 6.47. The Labute approximate surface area is 158 Å². The fourth-order valence-corrected chi connectivity index (χ4v) is 3.12. The zero-order valence-electron chi connectivity index (χ0n) is 15.4. The van der Waals surface area contributed by atoms with Gasteiger partial charge < -0.3 is 20.1 Å². The summed E-state index contributed by atoms with van der Waals surface area (Å²) in [5.74, 6) is 0.537. The van der Waals surface area contributed by atoms with Crippen molar-refractivity contribution in [1.29, 1.82) is 0 Å². The highest BCUT2D eigenvalue weighted by atomic mass is 16.5. The molecule has 0 saturated heterocycles. The SMILES string of the molecule is COc1ccccc1CN(C)CC(=O)N1C[C@@H](C(N)=O)Oc2ccccc21. The standard InChI is InChI=1S/C20H23N3O4/c1-22(11-14-7-3-5-9-16(14)26-2)13-19(24)23-12-18(20(21)25)27-17-10-6-4-8-15(17)23/h3-10,18H,11-13H2,1-2H3,(H2,21,25)/t18-/m0/s1. The molecule has 0 aromatic heterocycles. The number of fused-ring (bicyclic) bond motifs is 1. The fraction of sp³-hybridized carbons (Fsp3) is 0.300. The molecule has 1 heterocycles. The van der Waals surface area contributed by atoms with Crippen LogP contribution in [-0.4, -0.2) is 50.1 Å². The van der Waals surface area contributed by atoms with Crippen molar-refractivity contribution in [2.45, 2.75) is 12.6 Å². The van der Waals surface area contributed by atoms with Crippen molar-refractivity contribution in [3.63, 3.8) is 0 Å². The van der Waals surface area contributed by atoms with Gasteiger partial charge in [-0.05, 0) is 25.2 Å². The number of hydrogen-bond acceptors (Lipinski definition) is 5. The molecule has 0 fully saturated rings. The molecule has 0 bridgehead atoms. The van der Waals surface area contributed by atoms with E-state index in [-0.39, 0.29) is 19.0 Å². The molecule has 0 unspecified atom stereocenters. The average Bonchev–Trinajstić information content (AvgIpc) is 2.67. The van der Waals surface area contributed by atoms with E-state index < -0.39 is 12.0 Å². The van der Waals surface area contributed by atoms with Gasteiger partial charge in [-0.2, -0.15) is 0 Å². The van der Waals surface area contributed by atoms with Gasteiger partial charge in [0.1, 0.15) is 11.5 Å². The van der Waals surface area contributed by atoms with E-state index in [2.05, 4.69) is 0 Å². The largest absolute Gasteiger partial charge is 0.496 e. The van der Waals surface area contributed by atoms with Crippen molar-refractivity contribution in [2.24, 2.45) is 5.73 Å². The minimum Gasteiger partial charge on any atom is -0.496 e. The first-order chi connectivity index (χ1) is 13.0. The molecule has 2 N–H and O–H groups in total. The number of nitrogens with zero attached hydrogens (tertiary/aromatic N) is 2. The second kappa shape index (κ2) is 8.09. The van der Waals surface area contributed by atoms with Gasteiger partial charge in [0.05, 0.1) is 25.9 Å². The van der Waals surface area contributed by atoms with E-state index in [1.54, 1.807) is 30.2 Å². The summed E-state index contributed by atoms with van der Waals surface area (Å²) in [5, 5.41) is 0. The lowest BCUT2D eigenvalue weighted by molar-refractivity contribution is -0.125. The molecule has 2 amide bonds. The third-order valence-electron chi connectivity index (χ3n) is 4.43. The maximum Gasteiger partial charge on any atom is 0.260 e. The fourth-order valence-electron chi connectivity index (χ4n) is 3.12. The van der Waals surface area contributed by atoms with Gasteiger partial charge in [0.25, 0.3) is 5.91 Å². The van der Waals surface area contributed by atoms with E-state index in [0.717, 1.165) is 11.3 Å². The zero-order chi connectivity index (χ0) is 19.4.